The summed E-state index contributed by atoms with van der Waals surface area (Å²) in [6.07, 6.45) is 0. The third-order valence-corrected chi connectivity index (χ3v) is 5.49. The molecule has 1 N–H and O–H groups in total. The lowest BCUT2D eigenvalue weighted by Gasteiger charge is -2.12. The first kappa shape index (κ1) is 23.4. The predicted molar refractivity (Wildman–Crippen MR) is 129 cm³/mol. The highest BCUT2D eigenvalue weighted by Gasteiger charge is 2.20. The molecule has 0 saturated heterocycles. The summed E-state index contributed by atoms with van der Waals surface area (Å²) >= 11 is 12.2. The zero-order valence-corrected chi connectivity index (χ0v) is 19.9. The molecule has 1 amide bonds. The molecule has 8 nitrogen and oxygen atoms in total. The van der Waals surface area contributed by atoms with E-state index >= 15 is 0 Å². The molecule has 10 heteroatoms. The van der Waals surface area contributed by atoms with E-state index in [-0.39, 0.29) is 16.5 Å². The van der Waals surface area contributed by atoms with Gasteiger partial charge in [0.25, 0.3) is 11.8 Å². The SMILES string of the molecule is COc1cc(-c2noc(-c3ccccc3NC(=O)c3cc(Cl)ccc3Cl)n2)cc(OC)c1OC. The van der Waals surface area contributed by atoms with E-state index in [4.69, 9.17) is 41.9 Å². The number of anilines is 1. The fourth-order valence-electron chi connectivity index (χ4n) is 3.30. The van der Waals surface area contributed by atoms with Gasteiger partial charge >= 0.3 is 0 Å². The monoisotopic (exact) mass is 499 g/mol. The lowest BCUT2D eigenvalue weighted by Crippen LogP contribution is -2.13. The summed E-state index contributed by atoms with van der Waals surface area (Å²) < 4.78 is 21.7. The van der Waals surface area contributed by atoms with E-state index in [1.165, 1.54) is 27.4 Å². The Morgan fingerprint density at radius 3 is 2.32 bits per heavy atom. The van der Waals surface area contributed by atoms with Crippen LogP contribution in [0, 0.1) is 0 Å². The Balaban J connectivity index is 1.68. The summed E-state index contributed by atoms with van der Waals surface area (Å²) in [5.74, 6) is 1.43. The minimum absolute atomic E-state index is 0.205. The molecule has 0 unspecified atom stereocenters. The quantitative estimate of drug-likeness (QED) is 0.333. The molecule has 0 spiro atoms. The maximum atomic E-state index is 12.8. The molecule has 0 aliphatic heterocycles. The zero-order valence-electron chi connectivity index (χ0n) is 18.4. The maximum Gasteiger partial charge on any atom is 0.260 e. The van der Waals surface area contributed by atoms with E-state index in [9.17, 15) is 4.79 Å². The van der Waals surface area contributed by atoms with Gasteiger partial charge in [0.15, 0.2) is 11.5 Å². The van der Waals surface area contributed by atoms with Gasteiger partial charge in [0.05, 0.1) is 43.2 Å². The van der Waals surface area contributed by atoms with Crippen molar-refractivity contribution in [1.82, 2.24) is 10.1 Å². The number of rotatable bonds is 7. The maximum absolute atomic E-state index is 12.8. The fraction of sp³-hybridized carbons (Fsp3) is 0.125. The number of halogens is 2. The normalized spacial score (nSPS) is 10.6. The predicted octanol–water partition coefficient (Wildman–Crippen LogP) is 5.99. The van der Waals surface area contributed by atoms with Crippen molar-refractivity contribution in [2.45, 2.75) is 0 Å². The molecule has 4 aromatic rings. The third kappa shape index (κ3) is 4.64. The van der Waals surface area contributed by atoms with Gasteiger partial charge in [0.1, 0.15) is 0 Å². The highest BCUT2D eigenvalue weighted by molar-refractivity contribution is 6.36. The van der Waals surface area contributed by atoms with Gasteiger partial charge in [-0.3, -0.25) is 4.79 Å². The highest BCUT2D eigenvalue weighted by atomic mass is 35.5. The molecule has 0 aliphatic carbocycles. The Labute approximate surface area is 205 Å². The number of nitrogens with one attached hydrogen (secondary N) is 1. The lowest BCUT2D eigenvalue weighted by molar-refractivity contribution is 0.102. The van der Waals surface area contributed by atoms with Crippen LogP contribution in [-0.2, 0) is 0 Å². The first-order valence-electron chi connectivity index (χ1n) is 9.95. The molecule has 3 aromatic carbocycles. The third-order valence-electron chi connectivity index (χ3n) is 4.93. The molecule has 1 aromatic heterocycles. The van der Waals surface area contributed by atoms with Crippen molar-refractivity contribution in [2.24, 2.45) is 0 Å². The topological polar surface area (TPSA) is 95.7 Å². The smallest absolute Gasteiger partial charge is 0.260 e. The molecule has 0 bridgehead atoms. The van der Waals surface area contributed by atoms with E-state index in [1.54, 1.807) is 48.5 Å². The van der Waals surface area contributed by atoms with Gasteiger partial charge in [-0.2, -0.15) is 4.98 Å². The average Bonchev–Trinajstić information content (AvgIpc) is 3.35. The average molecular weight is 500 g/mol. The van der Waals surface area contributed by atoms with Crippen molar-refractivity contribution < 1.29 is 23.5 Å². The second-order valence-electron chi connectivity index (χ2n) is 6.96. The van der Waals surface area contributed by atoms with E-state index < -0.39 is 5.91 Å². The van der Waals surface area contributed by atoms with Gasteiger partial charge in [-0.1, -0.05) is 40.5 Å². The van der Waals surface area contributed by atoms with Crippen molar-refractivity contribution in [2.75, 3.05) is 26.6 Å². The number of aromatic nitrogens is 2. The van der Waals surface area contributed by atoms with Crippen molar-refractivity contribution in [3.05, 3.63) is 70.2 Å². The van der Waals surface area contributed by atoms with Gasteiger partial charge in [-0.05, 0) is 42.5 Å². The van der Waals surface area contributed by atoms with Gasteiger partial charge < -0.3 is 24.1 Å². The van der Waals surface area contributed by atoms with Crippen molar-refractivity contribution in [3.8, 4) is 40.1 Å². The van der Waals surface area contributed by atoms with E-state index in [2.05, 4.69) is 15.5 Å². The molecule has 0 radical (unpaired) electrons. The van der Waals surface area contributed by atoms with Crippen LogP contribution in [0.25, 0.3) is 22.8 Å². The molecule has 0 fully saturated rings. The summed E-state index contributed by atoms with van der Waals surface area (Å²) in [6, 6.07) is 15.1. The van der Waals surface area contributed by atoms with Crippen LogP contribution in [0.15, 0.2) is 59.1 Å². The van der Waals surface area contributed by atoms with E-state index in [0.29, 0.717) is 44.9 Å². The van der Waals surface area contributed by atoms with E-state index in [1.807, 2.05) is 0 Å². The van der Waals surface area contributed by atoms with Gasteiger partial charge in [0, 0.05) is 10.6 Å². The summed E-state index contributed by atoms with van der Waals surface area (Å²) in [5.41, 5.74) is 1.83. The van der Waals surface area contributed by atoms with Gasteiger partial charge in [-0.25, -0.2) is 0 Å². The summed E-state index contributed by atoms with van der Waals surface area (Å²) in [7, 11) is 4.57. The minimum Gasteiger partial charge on any atom is -0.493 e. The van der Waals surface area contributed by atoms with Crippen LogP contribution in [0.1, 0.15) is 10.4 Å². The molecule has 0 aliphatic rings. The van der Waals surface area contributed by atoms with Crippen LogP contribution in [0.4, 0.5) is 5.69 Å². The van der Waals surface area contributed by atoms with E-state index in [0.717, 1.165) is 0 Å². The number of hydrogen-bond donors (Lipinski definition) is 1. The van der Waals surface area contributed by atoms with Crippen molar-refractivity contribution in [3.63, 3.8) is 0 Å². The number of amides is 1. The Kier molecular flexibility index (Phi) is 6.90. The van der Waals surface area contributed by atoms with Crippen LogP contribution >= 0.6 is 23.2 Å². The molecule has 174 valence electrons. The Bertz CT molecular complexity index is 1330. The molecule has 1 heterocycles. The number of methoxy groups -OCH3 is 3. The van der Waals surface area contributed by atoms with Crippen LogP contribution in [0.2, 0.25) is 10.0 Å². The van der Waals surface area contributed by atoms with Crippen molar-refractivity contribution in [1.29, 1.82) is 0 Å². The van der Waals surface area contributed by atoms with Gasteiger partial charge in [-0.15, -0.1) is 0 Å². The summed E-state index contributed by atoms with van der Waals surface area (Å²) in [5, 5.41) is 7.59. The molecule has 0 atom stereocenters. The summed E-state index contributed by atoms with van der Waals surface area (Å²) in [6.45, 7) is 0. The number of nitrogens with zero attached hydrogens (tertiary/aromatic N) is 2. The number of ether oxygens (including phenoxy) is 3. The van der Waals surface area contributed by atoms with Crippen molar-refractivity contribution >= 4 is 34.8 Å². The number of para-hydroxylation sites is 1. The fourth-order valence-corrected chi connectivity index (χ4v) is 3.68. The standard InChI is InChI=1S/C24H19Cl2N3O5/c1-31-19-10-13(11-20(32-2)21(19)33-3)22-28-24(34-29-22)15-6-4-5-7-18(15)27-23(30)16-12-14(25)8-9-17(16)26/h4-12H,1-3H3,(H,27,30). The first-order valence-corrected chi connectivity index (χ1v) is 10.7. The number of benzene rings is 3. The zero-order chi connectivity index (χ0) is 24.2. The second kappa shape index (κ2) is 10.0. The van der Waals surface area contributed by atoms with Crippen LogP contribution in [0.3, 0.4) is 0 Å². The molecule has 0 saturated carbocycles. The Morgan fingerprint density at radius 2 is 1.65 bits per heavy atom. The molecular weight excluding hydrogens is 481 g/mol. The Morgan fingerprint density at radius 1 is 0.941 bits per heavy atom. The van der Waals surface area contributed by atoms with Crippen LogP contribution in [0.5, 0.6) is 17.2 Å². The number of carbonyl (C=O) groups is 1. The minimum atomic E-state index is -0.427. The second-order valence-corrected chi connectivity index (χ2v) is 7.80. The Hall–Kier alpha value is -3.75. The molecular formula is C24H19Cl2N3O5. The highest BCUT2D eigenvalue weighted by Crippen LogP contribution is 2.41. The summed E-state index contributed by atoms with van der Waals surface area (Å²) in [4.78, 5) is 17.3. The number of hydrogen-bond acceptors (Lipinski definition) is 7. The van der Waals surface area contributed by atoms with Gasteiger partial charge in [0.2, 0.25) is 11.6 Å². The van der Waals surface area contributed by atoms with Crippen LogP contribution < -0.4 is 19.5 Å². The largest absolute Gasteiger partial charge is 0.493 e. The molecule has 34 heavy (non-hydrogen) atoms. The lowest BCUT2D eigenvalue weighted by atomic mass is 10.1. The number of carbonyl (C=O) groups excluding carboxylic acids is 1. The van der Waals surface area contributed by atoms with Crippen LogP contribution in [-0.4, -0.2) is 37.4 Å². The molecule has 4 rings (SSSR count). The first-order chi connectivity index (χ1) is 16.4.